The normalized spacial score (nSPS) is 12.6. The van der Waals surface area contributed by atoms with Crippen LogP contribution in [0.5, 0.6) is 11.5 Å². The second kappa shape index (κ2) is 7.54. The maximum atomic E-state index is 13.9. The van der Waals surface area contributed by atoms with E-state index in [4.69, 9.17) is 9.47 Å². The molecule has 2 nitrogen and oxygen atoms in total. The van der Waals surface area contributed by atoms with Gasteiger partial charge in [0.05, 0.1) is 7.11 Å². The van der Waals surface area contributed by atoms with Gasteiger partial charge in [0.2, 0.25) is 5.41 Å². The summed E-state index contributed by atoms with van der Waals surface area (Å²) in [5.41, 5.74) is -6.11. The molecular formula is C19H16F6O2. The van der Waals surface area contributed by atoms with Crippen molar-refractivity contribution in [3.63, 3.8) is 0 Å². The highest BCUT2D eigenvalue weighted by molar-refractivity contribution is 5.47. The molecule has 0 atom stereocenters. The minimum Gasteiger partial charge on any atom is -0.497 e. The molecule has 0 aliphatic heterocycles. The van der Waals surface area contributed by atoms with Gasteiger partial charge in [0.15, 0.2) is 0 Å². The highest BCUT2D eigenvalue weighted by Crippen LogP contribution is 2.56. The number of benzene rings is 2. The maximum Gasteiger partial charge on any atom is 0.411 e. The van der Waals surface area contributed by atoms with Gasteiger partial charge in [-0.1, -0.05) is 36.9 Å². The zero-order valence-electron chi connectivity index (χ0n) is 14.2. The maximum absolute atomic E-state index is 13.9. The van der Waals surface area contributed by atoms with Crippen molar-refractivity contribution < 1.29 is 35.8 Å². The SMILES string of the molecule is C=CCOc1ccc(C(c2ccc(OC)cc2)(C(F)(F)F)C(F)(F)F)cc1. The van der Waals surface area contributed by atoms with Crippen molar-refractivity contribution in [2.45, 2.75) is 17.8 Å². The molecule has 8 heteroatoms. The average Bonchev–Trinajstić information content (AvgIpc) is 2.59. The third kappa shape index (κ3) is 3.74. The Morgan fingerprint density at radius 2 is 1.19 bits per heavy atom. The van der Waals surface area contributed by atoms with Crippen LogP contribution in [0, 0.1) is 0 Å². The van der Waals surface area contributed by atoms with Gasteiger partial charge in [0.1, 0.15) is 18.1 Å². The van der Waals surface area contributed by atoms with Crippen LogP contribution in [0.15, 0.2) is 61.2 Å². The first-order valence-corrected chi connectivity index (χ1v) is 7.70. The zero-order valence-corrected chi connectivity index (χ0v) is 14.2. The molecule has 0 unspecified atom stereocenters. The smallest absolute Gasteiger partial charge is 0.411 e. The number of halogens is 6. The predicted molar refractivity (Wildman–Crippen MR) is 88.0 cm³/mol. The number of alkyl halides is 6. The second-order valence-electron chi connectivity index (χ2n) is 5.60. The van der Waals surface area contributed by atoms with E-state index in [1.807, 2.05) is 0 Å². The topological polar surface area (TPSA) is 18.5 Å². The Labute approximate surface area is 152 Å². The summed E-state index contributed by atoms with van der Waals surface area (Å²) in [6, 6.07) is 7.31. The van der Waals surface area contributed by atoms with Gasteiger partial charge in [-0.3, -0.25) is 0 Å². The largest absolute Gasteiger partial charge is 0.497 e. The third-order valence-corrected chi connectivity index (χ3v) is 4.03. The van der Waals surface area contributed by atoms with E-state index in [1.54, 1.807) is 0 Å². The van der Waals surface area contributed by atoms with Crippen LogP contribution in [0.4, 0.5) is 26.3 Å². The van der Waals surface area contributed by atoms with Crippen molar-refractivity contribution in [2.24, 2.45) is 0 Å². The predicted octanol–water partition coefficient (Wildman–Crippen LogP) is 5.67. The standard InChI is InChI=1S/C19H16F6O2/c1-3-12-27-16-10-6-14(7-11-16)17(18(20,21)22,19(23,24)25)13-4-8-15(26-2)9-5-13/h3-11H,1,12H2,2H3. The van der Waals surface area contributed by atoms with Crippen LogP contribution in [0.25, 0.3) is 0 Å². The van der Waals surface area contributed by atoms with Crippen LogP contribution in [0.1, 0.15) is 11.1 Å². The molecule has 0 heterocycles. The molecule has 0 saturated carbocycles. The van der Waals surface area contributed by atoms with Gasteiger partial charge in [0, 0.05) is 0 Å². The Bertz CT molecular complexity index is 747. The first-order valence-electron chi connectivity index (χ1n) is 7.70. The van der Waals surface area contributed by atoms with E-state index < -0.39 is 28.9 Å². The highest BCUT2D eigenvalue weighted by atomic mass is 19.4. The fourth-order valence-corrected chi connectivity index (χ4v) is 2.78. The molecule has 0 saturated heterocycles. The molecule has 146 valence electrons. The van der Waals surface area contributed by atoms with Gasteiger partial charge in [-0.2, -0.15) is 26.3 Å². The van der Waals surface area contributed by atoms with E-state index in [0.29, 0.717) is 0 Å². The van der Waals surface area contributed by atoms with Crippen LogP contribution in [0.3, 0.4) is 0 Å². The van der Waals surface area contributed by atoms with Gasteiger partial charge < -0.3 is 9.47 Å². The molecule has 0 radical (unpaired) electrons. The van der Waals surface area contributed by atoms with Gasteiger partial charge in [0.25, 0.3) is 0 Å². The summed E-state index contributed by atoms with van der Waals surface area (Å²) in [6.07, 6.45) is -9.87. The van der Waals surface area contributed by atoms with Crippen molar-refractivity contribution >= 4 is 0 Å². The summed E-state index contributed by atoms with van der Waals surface area (Å²) in [6.45, 7) is 3.49. The molecule has 0 amide bonds. The van der Waals surface area contributed by atoms with Crippen molar-refractivity contribution in [2.75, 3.05) is 13.7 Å². The quantitative estimate of drug-likeness (QED) is 0.467. The Morgan fingerprint density at radius 3 is 1.52 bits per heavy atom. The molecule has 2 aromatic rings. The van der Waals surface area contributed by atoms with Crippen LogP contribution in [0.2, 0.25) is 0 Å². The summed E-state index contributed by atoms with van der Waals surface area (Å²) in [4.78, 5) is 0. The van der Waals surface area contributed by atoms with E-state index in [-0.39, 0.29) is 18.1 Å². The molecule has 0 N–H and O–H groups in total. The molecule has 0 aromatic heterocycles. The lowest BCUT2D eigenvalue weighted by Gasteiger charge is -2.38. The molecule has 0 aliphatic rings. The number of hydrogen-bond acceptors (Lipinski definition) is 2. The molecular weight excluding hydrogens is 374 g/mol. The monoisotopic (exact) mass is 390 g/mol. The third-order valence-electron chi connectivity index (χ3n) is 4.03. The van der Waals surface area contributed by atoms with E-state index in [2.05, 4.69) is 6.58 Å². The molecule has 0 fully saturated rings. The zero-order chi connectivity index (χ0) is 20.3. The Morgan fingerprint density at radius 1 is 0.778 bits per heavy atom. The molecule has 0 aliphatic carbocycles. The molecule has 0 spiro atoms. The van der Waals surface area contributed by atoms with E-state index in [1.165, 1.54) is 13.2 Å². The fraction of sp³-hybridized carbons (Fsp3) is 0.263. The number of ether oxygens (including phenoxy) is 2. The lowest BCUT2D eigenvalue weighted by molar-refractivity contribution is -0.288. The molecule has 27 heavy (non-hydrogen) atoms. The van der Waals surface area contributed by atoms with Gasteiger partial charge in [-0.05, 0) is 35.4 Å². The lowest BCUT2D eigenvalue weighted by atomic mass is 9.73. The van der Waals surface area contributed by atoms with Gasteiger partial charge in [-0.15, -0.1) is 0 Å². The van der Waals surface area contributed by atoms with Crippen molar-refractivity contribution in [1.29, 1.82) is 0 Å². The first-order chi connectivity index (χ1) is 12.6. The Kier molecular flexibility index (Phi) is 5.77. The summed E-state index contributed by atoms with van der Waals surface area (Å²) < 4.78 is 93.6. The van der Waals surface area contributed by atoms with Crippen LogP contribution >= 0.6 is 0 Å². The van der Waals surface area contributed by atoms with E-state index in [0.717, 1.165) is 48.5 Å². The van der Waals surface area contributed by atoms with Crippen molar-refractivity contribution in [3.05, 3.63) is 72.3 Å². The second-order valence-corrected chi connectivity index (χ2v) is 5.60. The number of rotatable bonds is 6. The van der Waals surface area contributed by atoms with E-state index in [9.17, 15) is 26.3 Å². The summed E-state index contributed by atoms with van der Waals surface area (Å²) in [5, 5.41) is 0. The first kappa shape index (κ1) is 20.7. The van der Waals surface area contributed by atoms with Gasteiger partial charge in [-0.25, -0.2) is 0 Å². The Hall–Kier alpha value is -2.64. The lowest BCUT2D eigenvalue weighted by Crippen LogP contribution is -2.54. The number of hydrogen-bond donors (Lipinski definition) is 0. The minimum absolute atomic E-state index is 0.0709. The molecule has 0 bridgehead atoms. The molecule has 2 aromatic carbocycles. The fourth-order valence-electron chi connectivity index (χ4n) is 2.78. The summed E-state index contributed by atoms with van der Waals surface area (Å²) >= 11 is 0. The van der Waals surface area contributed by atoms with Crippen LogP contribution in [-0.2, 0) is 5.41 Å². The summed E-state index contributed by atoms with van der Waals surface area (Å²) in [5.74, 6) is 0.275. The highest BCUT2D eigenvalue weighted by Gasteiger charge is 2.72. The van der Waals surface area contributed by atoms with Crippen LogP contribution in [-0.4, -0.2) is 26.1 Å². The van der Waals surface area contributed by atoms with Crippen molar-refractivity contribution in [1.82, 2.24) is 0 Å². The minimum atomic E-state index is -5.64. The molecule has 2 rings (SSSR count). The van der Waals surface area contributed by atoms with Crippen molar-refractivity contribution in [3.8, 4) is 11.5 Å². The summed E-state index contributed by atoms with van der Waals surface area (Å²) in [7, 11) is 1.26. The Balaban J connectivity index is 2.70. The number of methoxy groups -OCH3 is 1. The van der Waals surface area contributed by atoms with E-state index >= 15 is 0 Å². The van der Waals surface area contributed by atoms with Gasteiger partial charge >= 0.3 is 12.4 Å². The average molecular weight is 390 g/mol. The van der Waals surface area contributed by atoms with Crippen LogP contribution < -0.4 is 9.47 Å².